The van der Waals surface area contributed by atoms with Gasteiger partial charge in [-0.15, -0.1) is 12.3 Å². The Balaban J connectivity index is 2.14. The number of terminal acetylenes is 1. The lowest BCUT2D eigenvalue weighted by atomic mass is 9.88. The number of phenols is 1. The van der Waals surface area contributed by atoms with Gasteiger partial charge in [0.2, 0.25) is 0 Å². The van der Waals surface area contributed by atoms with Gasteiger partial charge in [0.05, 0.1) is 5.56 Å². The highest BCUT2D eigenvalue weighted by atomic mass is 19.3. The van der Waals surface area contributed by atoms with Crippen LogP contribution in [-0.4, -0.2) is 10.9 Å². The van der Waals surface area contributed by atoms with E-state index in [4.69, 9.17) is 6.42 Å². The number of carbonyl (C=O) groups is 1. The molecule has 0 aliphatic carbocycles. The highest BCUT2D eigenvalue weighted by molar-refractivity contribution is 5.98. The van der Waals surface area contributed by atoms with Crippen LogP contribution in [0.15, 0.2) is 36.4 Å². The topological polar surface area (TPSA) is 37.3 Å². The Morgan fingerprint density at radius 3 is 2.46 bits per heavy atom. The maximum Gasteiger partial charge on any atom is 0.273 e. The molecule has 0 aliphatic rings. The number of rotatable bonds is 8. The van der Waals surface area contributed by atoms with E-state index in [1.165, 1.54) is 32.0 Å². The molecule has 0 amide bonds. The molecule has 0 heterocycles. The predicted octanol–water partition coefficient (Wildman–Crippen LogP) is 6.11. The fraction of sp³-hybridized carbons (Fsp3) is 0.348. The van der Waals surface area contributed by atoms with Crippen molar-refractivity contribution in [2.24, 2.45) is 0 Å². The summed E-state index contributed by atoms with van der Waals surface area (Å²) in [6.45, 7) is 2.94. The van der Waals surface area contributed by atoms with Crippen molar-refractivity contribution in [1.29, 1.82) is 0 Å². The molecular weight excluding hydrogens is 365 g/mol. The van der Waals surface area contributed by atoms with Gasteiger partial charge in [-0.05, 0) is 36.5 Å². The standard InChI is InChI=1S/C23H23F3O2/c1-4-6-16(17-7-10-18(11-8-17)23(25,26)5-2)9-12-21(27)19-13-15(3)20(24)14-22(19)28/h1,7-8,10-11,13-14,16,28H,5-6,9,12H2,2-3H3. The van der Waals surface area contributed by atoms with Crippen LogP contribution in [0.3, 0.4) is 0 Å². The van der Waals surface area contributed by atoms with Crippen molar-refractivity contribution >= 4 is 5.78 Å². The third kappa shape index (κ3) is 4.95. The molecule has 2 rings (SSSR count). The summed E-state index contributed by atoms with van der Waals surface area (Å²) in [6.07, 6.45) is 5.99. The third-order valence-corrected chi connectivity index (χ3v) is 4.91. The molecule has 28 heavy (non-hydrogen) atoms. The summed E-state index contributed by atoms with van der Waals surface area (Å²) in [5, 5.41) is 9.84. The molecule has 0 bridgehead atoms. The Morgan fingerprint density at radius 1 is 1.25 bits per heavy atom. The number of hydrogen-bond acceptors (Lipinski definition) is 2. The molecular formula is C23H23F3O2. The second-order valence-corrected chi connectivity index (χ2v) is 6.87. The molecule has 0 spiro atoms. The number of halogens is 3. The van der Waals surface area contributed by atoms with Gasteiger partial charge in [0, 0.05) is 30.9 Å². The van der Waals surface area contributed by atoms with E-state index in [1.54, 1.807) is 12.1 Å². The summed E-state index contributed by atoms with van der Waals surface area (Å²) >= 11 is 0. The van der Waals surface area contributed by atoms with Gasteiger partial charge in [-0.25, -0.2) is 13.2 Å². The Labute approximate surface area is 163 Å². The Hall–Kier alpha value is -2.74. The van der Waals surface area contributed by atoms with Crippen LogP contribution in [0.5, 0.6) is 5.75 Å². The van der Waals surface area contributed by atoms with Crippen LogP contribution in [0.25, 0.3) is 0 Å². The van der Waals surface area contributed by atoms with Crippen molar-refractivity contribution in [2.45, 2.75) is 51.4 Å². The lowest BCUT2D eigenvalue weighted by Crippen LogP contribution is -2.11. The van der Waals surface area contributed by atoms with Crippen LogP contribution in [0, 0.1) is 25.1 Å². The van der Waals surface area contributed by atoms with E-state index in [0.29, 0.717) is 12.8 Å². The smallest absolute Gasteiger partial charge is 0.273 e. The first-order valence-corrected chi connectivity index (χ1v) is 9.13. The van der Waals surface area contributed by atoms with Crippen LogP contribution < -0.4 is 0 Å². The molecule has 148 valence electrons. The van der Waals surface area contributed by atoms with Crippen molar-refractivity contribution in [3.05, 3.63) is 64.5 Å². The van der Waals surface area contributed by atoms with Crippen LogP contribution in [0.2, 0.25) is 0 Å². The second-order valence-electron chi connectivity index (χ2n) is 6.87. The van der Waals surface area contributed by atoms with Gasteiger partial charge >= 0.3 is 0 Å². The lowest BCUT2D eigenvalue weighted by Gasteiger charge is -2.18. The molecule has 2 aromatic rings. The molecule has 1 N–H and O–H groups in total. The number of Topliss-reactive ketones (excluding diaryl/α,β-unsaturated/α-hetero) is 1. The SMILES string of the molecule is C#CCC(CCC(=O)c1cc(C)c(F)cc1O)c1ccc(C(F)(F)CC)cc1. The number of aromatic hydroxyl groups is 1. The Kier molecular flexibility index (Phi) is 6.90. The molecule has 2 nitrogen and oxygen atoms in total. The summed E-state index contributed by atoms with van der Waals surface area (Å²) in [5.74, 6) is -1.80. The fourth-order valence-corrected chi connectivity index (χ4v) is 3.07. The van der Waals surface area contributed by atoms with Gasteiger partial charge in [0.1, 0.15) is 11.6 Å². The quantitative estimate of drug-likeness (QED) is 0.437. The zero-order chi connectivity index (χ0) is 20.9. The average molecular weight is 388 g/mol. The molecule has 2 aromatic carbocycles. The zero-order valence-electron chi connectivity index (χ0n) is 15.9. The minimum absolute atomic E-state index is 0.0546. The van der Waals surface area contributed by atoms with E-state index in [9.17, 15) is 23.1 Å². The van der Waals surface area contributed by atoms with Crippen molar-refractivity contribution in [2.75, 3.05) is 0 Å². The third-order valence-electron chi connectivity index (χ3n) is 4.91. The van der Waals surface area contributed by atoms with Crippen LogP contribution in [0.1, 0.15) is 65.6 Å². The minimum atomic E-state index is -2.88. The first-order chi connectivity index (χ1) is 13.2. The molecule has 0 saturated heterocycles. The van der Waals surface area contributed by atoms with Gasteiger partial charge in [-0.2, -0.15) is 0 Å². The Morgan fingerprint density at radius 2 is 1.89 bits per heavy atom. The number of aryl methyl sites for hydroxylation is 1. The molecule has 5 heteroatoms. The van der Waals surface area contributed by atoms with E-state index in [1.807, 2.05) is 0 Å². The lowest BCUT2D eigenvalue weighted by molar-refractivity contribution is -0.00830. The van der Waals surface area contributed by atoms with Gasteiger partial charge in [-0.1, -0.05) is 31.2 Å². The van der Waals surface area contributed by atoms with Gasteiger partial charge in [0.15, 0.2) is 5.78 Å². The summed E-state index contributed by atoms with van der Waals surface area (Å²) in [6, 6.07) is 8.26. The summed E-state index contributed by atoms with van der Waals surface area (Å²) in [5.41, 5.74) is 1.06. The van der Waals surface area contributed by atoms with Crippen molar-refractivity contribution in [3.63, 3.8) is 0 Å². The Bertz CT molecular complexity index is 880. The van der Waals surface area contributed by atoms with Gasteiger partial charge < -0.3 is 5.11 Å². The van der Waals surface area contributed by atoms with Gasteiger partial charge in [0.25, 0.3) is 5.92 Å². The normalized spacial score (nSPS) is 12.4. The van der Waals surface area contributed by atoms with E-state index < -0.39 is 17.5 Å². The number of carbonyl (C=O) groups excluding carboxylic acids is 1. The number of benzene rings is 2. The van der Waals surface area contributed by atoms with Crippen molar-refractivity contribution in [3.8, 4) is 18.1 Å². The fourth-order valence-electron chi connectivity index (χ4n) is 3.07. The highest BCUT2D eigenvalue weighted by Crippen LogP contribution is 2.33. The van der Waals surface area contributed by atoms with Crippen molar-refractivity contribution < 1.29 is 23.1 Å². The van der Waals surface area contributed by atoms with Crippen LogP contribution in [-0.2, 0) is 5.92 Å². The van der Waals surface area contributed by atoms with E-state index >= 15 is 0 Å². The highest BCUT2D eigenvalue weighted by Gasteiger charge is 2.28. The first kappa shape index (κ1) is 21.6. The summed E-state index contributed by atoms with van der Waals surface area (Å²) < 4.78 is 41.0. The van der Waals surface area contributed by atoms with E-state index in [2.05, 4.69) is 5.92 Å². The summed E-state index contributed by atoms with van der Waals surface area (Å²) in [4.78, 5) is 12.5. The molecule has 0 aliphatic heterocycles. The molecule has 1 atom stereocenters. The largest absolute Gasteiger partial charge is 0.507 e. The molecule has 0 fully saturated rings. The number of hydrogen-bond donors (Lipinski definition) is 1. The molecule has 0 saturated carbocycles. The molecule has 1 unspecified atom stereocenters. The second kappa shape index (κ2) is 8.97. The van der Waals surface area contributed by atoms with Gasteiger partial charge in [-0.3, -0.25) is 4.79 Å². The first-order valence-electron chi connectivity index (χ1n) is 9.13. The maximum atomic E-state index is 13.8. The van der Waals surface area contributed by atoms with Crippen LogP contribution >= 0.6 is 0 Å². The molecule has 0 aromatic heterocycles. The molecule has 0 radical (unpaired) electrons. The monoisotopic (exact) mass is 388 g/mol. The van der Waals surface area contributed by atoms with Crippen molar-refractivity contribution in [1.82, 2.24) is 0 Å². The predicted molar refractivity (Wildman–Crippen MR) is 103 cm³/mol. The zero-order valence-corrected chi connectivity index (χ0v) is 15.9. The average Bonchev–Trinajstić information content (AvgIpc) is 2.67. The summed E-state index contributed by atoms with van der Waals surface area (Å²) in [7, 11) is 0. The van der Waals surface area contributed by atoms with E-state index in [0.717, 1.165) is 11.6 Å². The van der Waals surface area contributed by atoms with E-state index in [-0.39, 0.29) is 41.2 Å². The number of alkyl halides is 2. The number of phenolic OH excluding ortho intramolecular Hbond substituents is 1. The van der Waals surface area contributed by atoms with Crippen LogP contribution in [0.4, 0.5) is 13.2 Å². The maximum absolute atomic E-state index is 13.8. The minimum Gasteiger partial charge on any atom is -0.507 e. The number of ketones is 1.